The van der Waals surface area contributed by atoms with Gasteiger partial charge in [-0.1, -0.05) is 25.1 Å². The number of fused-ring (bicyclic) bond motifs is 2. The van der Waals surface area contributed by atoms with Crippen LogP contribution >= 0.6 is 0 Å². The van der Waals surface area contributed by atoms with Crippen molar-refractivity contribution in [3.05, 3.63) is 59.8 Å². The highest BCUT2D eigenvalue weighted by atomic mass is 16.7. The molecule has 0 bridgehead atoms. The van der Waals surface area contributed by atoms with Gasteiger partial charge in [0.1, 0.15) is 5.57 Å². The SMILES string of the molecule is CC[C@@H](C)n1cc(/C=C2/C(=O)NC(=O)N(c3ccc4c(c3)OCO4)C2=O)c2ccccc21. The standard InChI is InChI=1S/C24H21N3O5/c1-3-14(2)26-12-15(17-6-4-5-7-19(17)26)10-18-22(28)25-24(30)27(23(18)29)16-8-9-20-21(11-16)32-13-31-20/h4-12,14H,3,13H2,1-2H3,(H,25,28,30)/b18-10-/t14-/m1/s1. The third kappa shape index (κ3) is 3.11. The van der Waals surface area contributed by atoms with Gasteiger partial charge in [0, 0.05) is 34.8 Å². The summed E-state index contributed by atoms with van der Waals surface area (Å²) in [5.74, 6) is -0.458. The Balaban J connectivity index is 1.58. The molecule has 1 fully saturated rings. The number of para-hydroxylation sites is 1. The molecule has 5 rings (SSSR count). The van der Waals surface area contributed by atoms with E-state index in [1.165, 1.54) is 0 Å². The molecule has 1 N–H and O–H groups in total. The molecule has 2 aliphatic rings. The maximum atomic E-state index is 13.3. The maximum Gasteiger partial charge on any atom is 0.335 e. The lowest BCUT2D eigenvalue weighted by atomic mass is 10.1. The van der Waals surface area contributed by atoms with E-state index in [0.717, 1.165) is 27.8 Å². The number of hydrogen-bond acceptors (Lipinski definition) is 5. The average molecular weight is 431 g/mol. The Morgan fingerprint density at radius 2 is 1.88 bits per heavy atom. The molecule has 1 atom stereocenters. The van der Waals surface area contributed by atoms with Crippen LogP contribution in [-0.2, 0) is 9.59 Å². The molecule has 0 radical (unpaired) electrons. The monoisotopic (exact) mass is 431 g/mol. The predicted molar refractivity (Wildman–Crippen MR) is 119 cm³/mol. The van der Waals surface area contributed by atoms with E-state index in [-0.39, 0.29) is 24.1 Å². The summed E-state index contributed by atoms with van der Waals surface area (Å²) >= 11 is 0. The van der Waals surface area contributed by atoms with Crippen LogP contribution in [0.5, 0.6) is 11.5 Å². The number of hydrogen-bond donors (Lipinski definition) is 1. The van der Waals surface area contributed by atoms with Crippen molar-refractivity contribution in [2.24, 2.45) is 0 Å². The van der Waals surface area contributed by atoms with E-state index < -0.39 is 17.8 Å². The van der Waals surface area contributed by atoms with Crippen LogP contribution in [0, 0.1) is 0 Å². The van der Waals surface area contributed by atoms with Gasteiger partial charge in [0.25, 0.3) is 11.8 Å². The first-order chi connectivity index (χ1) is 15.5. The third-order valence-electron chi connectivity index (χ3n) is 5.85. The van der Waals surface area contributed by atoms with E-state index in [2.05, 4.69) is 23.7 Å². The molecule has 1 aromatic heterocycles. The first-order valence-corrected chi connectivity index (χ1v) is 10.4. The van der Waals surface area contributed by atoms with Crippen LogP contribution in [0.2, 0.25) is 0 Å². The summed E-state index contributed by atoms with van der Waals surface area (Å²) in [6.45, 7) is 4.29. The summed E-state index contributed by atoms with van der Waals surface area (Å²) in [5.41, 5.74) is 1.92. The van der Waals surface area contributed by atoms with Crippen LogP contribution in [0.3, 0.4) is 0 Å². The molecule has 3 heterocycles. The lowest BCUT2D eigenvalue weighted by Gasteiger charge is -2.26. The van der Waals surface area contributed by atoms with Crippen LogP contribution in [-0.4, -0.2) is 29.2 Å². The van der Waals surface area contributed by atoms with Crippen molar-refractivity contribution in [1.82, 2.24) is 9.88 Å². The Morgan fingerprint density at radius 3 is 2.69 bits per heavy atom. The molecule has 2 aliphatic heterocycles. The molecule has 4 amide bonds. The van der Waals surface area contributed by atoms with Crippen LogP contribution in [0.4, 0.5) is 10.5 Å². The largest absolute Gasteiger partial charge is 0.454 e. The number of carbonyl (C=O) groups excluding carboxylic acids is 3. The van der Waals surface area contributed by atoms with Gasteiger partial charge in [0.2, 0.25) is 6.79 Å². The molecule has 32 heavy (non-hydrogen) atoms. The van der Waals surface area contributed by atoms with Crippen molar-refractivity contribution in [3.63, 3.8) is 0 Å². The minimum absolute atomic E-state index is 0.0722. The number of benzene rings is 2. The molecule has 3 aromatic rings. The lowest BCUT2D eigenvalue weighted by molar-refractivity contribution is -0.122. The van der Waals surface area contributed by atoms with Crippen LogP contribution in [0.25, 0.3) is 17.0 Å². The molecule has 0 aliphatic carbocycles. The first kappa shape index (κ1) is 19.9. The van der Waals surface area contributed by atoms with Crippen molar-refractivity contribution in [2.75, 3.05) is 11.7 Å². The Labute approximate surface area is 184 Å². The minimum Gasteiger partial charge on any atom is -0.454 e. The second-order valence-corrected chi connectivity index (χ2v) is 7.76. The van der Waals surface area contributed by atoms with Crippen molar-refractivity contribution in [1.29, 1.82) is 0 Å². The number of rotatable bonds is 4. The van der Waals surface area contributed by atoms with E-state index in [1.54, 1.807) is 24.3 Å². The fourth-order valence-corrected chi connectivity index (χ4v) is 3.98. The van der Waals surface area contributed by atoms with Crippen molar-refractivity contribution < 1.29 is 23.9 Å². The highest BCUT2D eigenvalue weighted by molar-refractivity contribution is 6.39. The van der Waals surface area contributed by atoms with Crippen molar-refractivity contribution in [3.8, 4) is 11.5 Å². The number of ether oxygens (including phenoxy) is 2. The zero-order valence-electron chi connectivity index (χ0n) is 17.6. The topological polar surface area (TPSA) is 89.9 Å². The second-order valence-electron chi connectivity index (χ2n) is 7.76. The van der Waals surface area contributed by atoms with Gasteiger partial charge in [-0.05, 0) is 37.6 Å². The number of imide groups is 2. The van der Waals surface area contributed by atoms with E-state index in [4.69, 9.17) is 9.47 Å². The quantitative estimate of drug-likeness (QED) is 0.498. The summed E-state index contributed by atoms with van der Waals surface area (Å²) in [7, 11) is 0. The Kier molecular flexibility index (Phi) is 4.70. The molecule has 8 nitrogen and oxygen atoms in total. The number of nitrogens with zero attached hydrogens (tertiary/aromatic N) is 2. The zero-order chi connectivity index (χ0) is 22.4. The summed E-state index contributed by atoms with van der Waals surface area (Å²) in [4.78, 5) is 39.4. The minimum atomic E-state index is -0.807. The van der Waals surface area contributed by atoms with Crippen LogP contribution < -0.4 is 19.7 Å². The maximum absolute atomic E-state index is 13.3. The molecule has 0 saturated carbocycles. The number of barbiturate groups is 1. The number of anilines is 1. The normalized spacial score (nSPS) is 17.9. The average Bonchev–Trinajstić information content (AvgIpc) is 3.40. The van der Waals surface area contributed by atoms with Gasteiger partial charge in [0.05, 0.1) is 5.69 Å². The molecule has 8 heteroatoms. The summed E-state index contributed by atoms with van der Waals surface area (Å²) in [6.07, 6.45) is 4.42. The van der Waals surface area contributed by atoms with Crippen molar-refractivity contribution >= 4 is 40.5 Å². The van der Waals surface area contributed by atoms with E-state index in [1.807, 2.05) is 30.5 Å². The number of amides is 4. The molecule has 162 valence electrons. The molecule has 0 unspecified atom stereocenters. The molecular weight excluding hydrogens is 410 g/mol. The van der Waals surface area contributed by atoms with Gasteiger partial charge < -0.3 is 14.0 Å². The number of aromatic nitrogens is 1. The van der Waals surface area contributed by atoms with Gasteiger partial charge in [-0.2, -0.15) is 0 Å². The van der Waals surface area contributed by atoms with Gasteiger partial charge in [-0.3, -0.25) is 14.9 Å². The van der Waals surface area contributed by atoms with Gasteiger partial charge in [0.15, 0.2) is 11.5 Å². The molecule has 2 aromatic carbocycles. The van der Waals surface area contributed by atoms with Gasteiger partial charge >= 0.3 is 6.03 Å². The zero-order valence-corrected chi connectivity index (χ0v) is 17.6. The van der Waals surface area contributed by atoms with Gasteiger partial charge in [-0.25, -0.2) is 9.69 Å². The highest BCUT2D eigenvalue weighted by Gasteiger charge is 2.37. The van der Waals surface area contributed by atoms with Crippen LogP contribution in [0.1, 0.15) is 31.9 Å². The fraction of sp³-hybridized carbons (Fsp3) is 0.208. The Bertz CT molecular complexity index is 1310. The van der Waals surface area contributed by atoms with Crippen molar-refractivity contribution in [2.45, 2.75) is 26.3 Å². The number of nitrogens with one attached hydrogen (secondary N) is 1. The van der Waals surface area contributed by atoms with E-state index in [9.17, 15) is 14.4 Å². The third-order valence-corrected chi connectivity index (χ3v) is 5.85. The molecular formula is C24H21N3O5. The summed E-state index contributed by atoms with van der Waals surface area (Å²) < 4.78 is 12.8. The molecule has 0 spiro atoms. The number of carbonyl (C=O) groups is 3. The molecule has 1 saturated heterocycles. The summed E-state index contributed by atoms with van der Waals surface area (Å²) in [5, 5.41) is 3.19. The van der Waals surface area contributed by atoms with E-state index >= 15 is 0 Å². The Morgan fingerprint density at radius 1 is 1.09 bits per heavy atom. The number of urea groups is 1. The first-order valence-electron chi connectivity index (χ1n) is 10.4. The van der Waals surface area contributed by atoms with Crippen LogP contribution in [0.15, 0.2) is 54.2 Å². The fourth-order valence-electron chi connectivity index (χ4n) is 3.98. The smallest absolute Gasteiger partial charge is 0.335 e. The van der Waals surface area contributed by atoms with E-state index in [0.29, 0.717) is 11.5 Å². The summed E-state index contributed by atoms with van der Waals surface area (Å²) in [6, 6.07) is 12.0. The lowest BCUT2D eigenvalue weighted by Crippen LogP contribution is -2.54. The second kappa shape index (κ2) is 7.56. The highest BCUT2D eigenvalue weighted by Crippen LogP contribution is 2.36. The Hall–Kier alpha value is -4.07. The predicted octanol–water partition coefficient (Wildman–Crippen LogP) is 4.01. The van der Waals surface area contributed by atoms with Gasteiger partial charge in [-0.15, -0.1) is 0 Å².